The summed E-state index contributed by atoms with van der Waals surface area (Å²) in [5.74, 6) is 0. The molecule has 0 spiro atoms. The van der Waals surface area contributed by atoms with Crippen molar-refractivity contribution in [3.63, 3.8) is 0 Å². The number of nitrogens with zero attached hydrogens (tertiary/aromatic N) is 2. The highest BCUT2D eigenvalue weighted by Gasteiger charge is 2.15. The number of aromatic nitrogens is 2. The Morgan fingerprint density at radius 2 is 1.95 bits per heavy atom. The number of fused-ring (bicyclic) bond motifs is 1. The van der Waals surface area contributed by atoms with Crippen LogP contribution in [0, 0.1) is 13.8 Å². The minimum absolute atomic E-state index is 0.224. The Bertz CT molecular complexity index is 944. The number of hydrogen-bond acceptors (Lipinski definition) is 3. The number of imidazole rings is 1. The summed E-state index contributed by atoms with van der Waals surface area (Å²) in [7, 11) is -3.64. The van der Waals surface area contributed by atoms with E-state index in [0.29, 0.717) is 5.69 Å². The van der Waals surface area contributed by atoms with Gasteiger partial charge in [0.2, 0.25) is 0 Å². The molecule has 7 heteroatoms. The van der Waals surface area contributed by atoms with Crippen molar-refractivity contribution in [3.8, 4) is 0 Å². The molecular weight excluding hydrogens is 366 g/mol. The van der Waals surface area contributed by atoms with E-state index in [-0.39, 0.29) is 4.90 Å². The lowest BCUT2D eigenvalue weighted by atomic mass is 10.2. The summed E-state index contributed by atoms with van der Waals surface area (Å²) in [6, 6.07) is 8.55. The second-order valence-electron chi connectivity index (χ2n) is 5.12. The van der Waals surface area contributed by atoms with E-state index >= 15 is 0 Å². The van der Waals surface area contributed by atoms with Crippen molar-refractivity contribution in [2.75, 3.05) is 4.72 Å². The predicted molar refractivity (Wildman–Crippen MR) is 89.6 cm³/mol. The molecular formula is C15H14BrN3O2S. The number of rotatable bonds is 3. The normalized spacial score (nSPS) is 11.8. The summed E-state index contributed by atoms with van der Waals surface area (Å²) in [5, 5.41) is 0. The molecule has 0 aliphatic rings. The standard InChI is InChI=1S/C15H14BrN3O2S/c1-10-5-12(16)7-14(6-10)22(20,21)18-13-3-4-15-17-8-11(2)19(15)9-13/h3-9,18H,1-2H3. The molecule has 0 unspecified atom stereocenters. The van der Waals surface area contributed by atoms with Gasteiger partial charge in [-0.1, -0.05) is 15.9 Å². The second-order valence-corrected chi connectivity index (χ2v) is 7.71. The molecule has 5 nitrogen and oxygen atoms in total. The molecule has 2 heterocycles. The molecule has 0 saturated heterocycles. The van der Waals surface area contributed by atoms with Crippen molar-refractivity contribution in [2.45, 2.75) is 18.7 Å². The van der Waals surface area contributed by atoms with Gasteiger partial charge in [0.25, 0.3) is 10.0 Å². The zero-order valence-electron chi connectivity index (χ0n) is 12.0. The number of anilines is 1. The van der Waals surface area contributed by atoms with Crippen LogP contribution >= 0.6 is 15.9 Å². The van der Waals surface area contributed by atoms with E-state index in [4.69, 9.17) is 0 Å². The molecule has 2 aromatic heterocycles. The average molecular weight is 380 g/mol. The van der Waals surface area contributed by atoms with Gasteiger partial charge < -0.3 is 4.40 Å². The molecule has 0 amide bonds. The van der Waals surface area contributed by atoms with Gasteiger partial charge in [0.15, 0.2) is 0 Å². The third-order valence-corrected chi connectivity index (χ3v) is 5.09. The maximum atomic E-state index is 12.5. The molecule has 114 valence electrons. The Kier molecular flexibility index (Phi) is 3.70. The second kappa shape index (κ2) is 5.40. The average Bonchev–Trinajstić information content (AvgIpc) is 2.79. The number of halogens is 1. The predicted octanol–water partition coefficient (Wildman–Crippen LogP) is 3.51. The SMILES string of the molecule is Cc1cc(Br)cc(S(=O)(=O)Nc2ccc3ncc(C)n3c2)c1. The van der Waals surface area contributed by atoms with E-state index in [9.17, 15) is 8.42 Å². The van der Waals surface area contributed by atoms with Crippen molar-refractivity contribution < 1.29 is 8.42 Å². The lowest BCUT2D eigenvalue weighted by molar-refractivity contribution is 0.601. The number of benzene rings is 1. The minimum Gasteiger partial charge on any atom is -0.302 e. The molecule has 0 bridgehead atoms. The van der Waals surface area contributed by atoms with Crippen molar-refractivity contribution in [1.29, 1.82) is 0 Å². The fraction of sp³-hybridized carbons (Fsp3) is 0.133. The van der Waals surface area contributed by atoms with Crippen LogP contribution in [0.2, 0.25) is 0 Å². The number of aryl methyl sites for hydroxylation is 2. The summed E-state index contributed by atoms with van der Waals surface area (Å²) in [6.07, 6.45) is 3.46. The summed E-state index contributed by atoms with van der Waals surface area (Å²) < 4.78 is 30.2. The van der Waals surface area contributed by atoms with E-state index in [1.165, 1.54) is 0 Å². The lowest BCUT2D eigenvalue weighted by Crippen LogP contribution is -2.13. The van der Waals surface area contributed by atoms with Gasteiger partial charge in [0.1, 0.15) is 5.65 Å². The molecule has 0 saturated carbocycles. The van der Waals surface area contributed by atoms with E-state index in [1.807, 2.05) is 24.3 Å². The molecule has 0 aliphatic heterocycles. The van der Waals surface area contributed by atoms with Gasteiger partial charge in [-0.2, -0.15) is 0 Å². The number of sulfonamides is 1. The summed E-state index contributed by atoms with van der Waals surface area (Å²) in [6.45, 7) is 3.76. The Balaban J connectivity index is 2.00. The molecule has 1 aromatic carbocycles. The van der Waals surface area contributed by atoms with Gasteiger partial charge in [-0.25, -0.2) is 13.4 Å². The molecule has 0 fully saturated rings. The van der Waals surface area contributed by atoms with Crippen molar-refractivity contribution in [1.82, 2.24) is 9.38 Å². The molecule has 0 aliphatic carbocycles. The van der Waals surface area contributed by atoms with Crippen LogP contribution in [0.3, 0.4) is 0 Å². The van der Waals surface area contributed by atoms with Gasteiger partial charge in [-0.05, 0) is 49.7 Å². The highest BCUT2D eigenvalue weighted by molar-refractivity contribution is 9.10. The van der Waals surface area contributed by atoms with E-state index < -0.39 is 10.0 Å². The van der Waals surface area contributed by atoms with Crippen LogP contribution in [0.1, 0.15) is 11.3 Å². The van der Waals surface area contributed by atoms with E-state index in [1.54, 1.807) is 36.7 Å². The first-order valence-corrected chi connectivity index (χ1v) is 8.86. The molecule has 0 atom stereocenters. The molecule has 0 radical (unpaired) electrons. The van der Waals surface area contributed by atoms with Crippen LogP contribution in [-0.4, -0.2) is 17.8 Å². The first kappa shape index (κ1) is 15.1. The van der Waals surface area contributed by atoms with Crippen LogP contribution < -0.4 is 4.72 Å². The van der Waals surface area contributed by atoms with Crippen LogP contribution in [0.4, 0.5) is 5.69 Å². The van der Waals surface area contributed by atoms with Gasteiger partial charge in [-0.3, -0.25) is 4.72 Å². The van der Waals surface area contributed by atoms with Gasteiger partial charge in [0, 0.05) is 22.6 Å². The van der Waals surface area contributed by atoms with Crippen molar-refractivity contribution in [3.05, 3.63) is 58.5 Å². The zero-order valence-corrected chi connectivity index (χ0v) is 14.4. The quantitative estimate of drug-likeness (QED) is 0.756. The first-order chi connectivity index (χ1) is 10.3. The summed E-state index contributed by atoms with van der Waals surface area (Å²) >= 11 is 3.32. The van der Waals surface area contributed by atoms with Crippen LogP contribution in [0.15, 0.2) is 52.1 Å². The van der Waals surface area contributed by atoms with E-state index in [0.717, 1.165) is 21.4 Å². The topological polar surface area (TPSA) is 63.5 Å². The molecule has 22 heavy (non-hydrogen) atoms. The fourth-order valence-electron chi connectivity index (χ4n) is 2.23. The Hall–Kier alpha value is -1.86. The van der Waals surface area contributed by atoms with Crippen LogP contribution in [-0.2, 0) is 10.0 Å². The smallest absolute Gasteiger partial charge is 0.261 e. The summed E-state index contributed by atoms with van der Waals surface area (Å²) in [4.78, 5) is 4.44. The largest absolute Gasteiger partial charge is 0.302 e. The van der Waals surface area contributed by atoms with Crippen LogP contribution in [0.25, 0.3) is 5.65 Å². The van der Waals surface area contributed by atoms with Gasteiger partial charge >= 0.3 is 0 Å². The summed E-state index contributed by atoms with van der Waals surface area (Å²) in [5.41, 5.74) is 3.08. The zero-order chi connectivity index (χ0) is 15.9. The van der Waals surface area contributed by atoms with Gasteiger partial charge in [0.05, 0.1) is 10.6 Å². The van der Waals surface area contributed by atoms with Gasteiger partial charge in [-0.15, -0.1) is 0 Å². The highest BCUT2D eigenvalue weighted by atomic mass is 79.9. The Morgan fingerprint density at radius 1 is 1.18 bits per heavy atom. The number of hydrogen-bond donors (Lipinski definition) is 1. The lowest BCUT2D eigenvalue weighted by Gasteiger charge is -2.10. The monoisotopic (exact) mass is 379 g/mol. The maximum Gasteiger partial charge on any atom is 0.261 e. The number of nitrogens with one attached hydrogen (secondary N) is 1. The maximum absolute atomic E-state index is 12.5. The number of pyridine rings is 1. The third kappa shape index (κ3) is 2.86. The first-order valence-electron chi connectivity index (χ1n) is 6.59. The van der Waals surface area contributed by atoms with Crippen molar-refractivity contribution >= 4 is 37.3 Å². The highest BCUT2D eigenvalue weighted by Crippen LogP contribution is 2.22. The third-order valence-electron chi connectivity index (χ3n) is 3.27. The van der Waals surface area contributed by atoms with Crippen molar-refractivity contribution in [2.24, 2.45) is 0 Å². The minimum atomic E-state index is -3.64. The molecule has 1 N–H and O–H groups in total. The molecule has 3 aromatic rings. The van der Waals surface area contributed by atoms with Crippen LogP contribution in [0.5, 0.6) is 0 Å². The molecule has 3 rings (SSSR count). The van der Waals surface area contributed by atoms with E-state index in [2.05, 4.69) is 25.6 Å². The Labute approximate surface area is 137 Å². The fourth-order valence-corrected chi connectivity index (χ4v) is 4.17. The Morgan fingerprint density at radius 3 is 2.68 bits per heavy atom.